The van der Waals surface area contributed by atoms with E-state index in [2.05, 4.69) is 0 Å². The van der Waals surface area contributed by atoms with Crippen molar-refractivity contribution in [3.05, 3.63) is 60.2 Å². The number of ether oxygens (including phenoxy) is 2. The molecule has 0 unspecified atom stereocenters. The van der Waals surface area contributed by atoms with Gasteiger partial charge in [-0.1, -0.05) is 48.6 Å². The van der Waals surface area contributed by atoms with Crippen LogP contribution >= 0.6 is 0 Å². The van der Waals surface area contributed by atoms with Crippen LogP contribution in [-0.2, 0) is 25.7 Å². The van der Waals surface area contributed by atoms with Crippen LogP contribution in [0.4, 0.5) is 0 Å². The Balaban J connectivity index is 1.69. The van der Waals surface area contributed by atoms with Crippen LogP contribution in [-0.4, -0.2) is 18.5 Å². The van der Waals surface area contributed by atoms with Crippen molar-refractivity contribution in [2.75, 3.05) is 6.61 Å². The molecule has 0 aliphatic heterocycles. The molecule has 0 fully saturated rings. The summed E-state index contributed by atoms with van der Waals surface area (Å²) in [4.78, 5) is 23.1. The lowest BCUT2D eigenvalue weighted by Crippen LogP contribution is -2.08. The van der Waals surface area contributed by atoms with E-state index in [1.165, 1.54) is 0 Å². The van der Waals surface area contributed by atoms with E-state index in [4.69, 9.17) is 9.47 Å². The number of allylic oxidation sites excluding steroid dienone is 1. The van der Waals surface area contributed by atoms with Crippen molar-refractivity contribution in [1.82, 2.24) is 0 Å². The molecule has 0 aliphatic carbocycles. The molecule has 4 nitrogen and oxygen atoms in total. The molecule has 2 aromatic rings. The Kier molecular flexibility index (Phi) is 7.02. The highest BCUT2D eigenvalue weighted by atomic mass is 16.5. The SMILES string of the molecule is C/C=C/COC(=O)CCCC(=O)OCc1ccc2ccccc2c1. The largest absolute Gasteiger partial charge is 0.461 e. The van der Waals surface area contributed by atoms with E-state index in [1.807, 2.05) is 55.5 Å². The lowest BCUT2D eigenvalue weighted by Gasteiger charge is -2.06. The van der Waals surface area contributed by atoms with Crippen LogP contribution in [0, 0.1) is 0 Å². The molecular formula is C20H22O4. The number of carbonyl (C=O) groups is 2. The third kappa shape index (κ3) is 5.88. The van der Waals surface area contributed by atoms with Crippen LogP contribution in [0.25, 0.3) is 10.8 Å². The topological polar surface area (TPSA) is 52.6 Å². The minimum Gasteiger partial charge on any atom is -0.461 e. The Hall–Kier alpha value is -2.62. The molecule has 0 saturated heterocycles. The van der Waals surface area contributed by atoms with Crippen molar-refractivity contribution in [3.63, 3.8) is 0 Å². The molecule has 24 heavy (non-hydrogen) atoms. The Morgan fingerprint density at radius 1 is 0.958 bits per heavy atom. The van der Waals surface area contributed by atoms with Gasteiger partial charge in [0.2, 0.25) is 0 Å². The van der Waals surface area contributed by atoms with Crippen LogP contribution in [0.2, 0.25) is 0 Å². The van der Waals surface area contributed by atoms with Gasteiger partial charge in [0, 0.05) is 12.8 Å². The number of fused-ring (bicyclic) bond motifs is 1. The summed E-state index contributed by atoms with van der Waals surface area (Å²) >= 11 is 0. The predicted octanol–water partition coefficient (Wildman–Crippen LogP) is 4.17. The first-order chi connectivity index (χ1) is 11.7. The van der Waals surface area contributed by atoms with Gasteiger partial charge in [-0.3, -0.25) is 9.59 Å². The maximum absolute atomic E-state index is 11.7. The zero-order valence-corrected chi connectivity index (χ0v) is 13.9. The van der Waals surface area contributed by atoms with Crippen LogP contribution in [0.3, 0.4) is 0 Å². The summed E-state index contributed by atoms with van der Waals surface area (Å²) in [5.41, 5.74) is 0.952. The highest BCUT2D eigenvalue weighted by molar-refractivity contribution is 5.83. The Morgan fingerprint density at radius 2 is 1.67 bits per heavy atom. The van der Waals surface area contributed by atoms with E-state index in [0.29, 0.717) is 6.42 Å². The summed E-state index contributed by atoms with van der Waals surface area (Å²) in [6.07, 6.45) is 4.45. The van der Waals surface area contributed by atoms with Crippen LogP contribution < -0.4 is 0 Å². The van der Waals surface area contributed by atoms with E-state index in [9.17, 15) is 9.59 Å². The molecule has 0 amide bonds. The second-order valence-corrected chi connectivity index (χ2v) is 5.45. The zero-order valence-electron chi connectivity index (χ0n) is 13.9. The Bertz CT molecular complexity index is 718. The second kappa shape index (κ2) is 9.50. The Morgan fingerprint density at radius 3 is 2.42 bits per heavy atom. The first-order valence-corrected chi connectivity index (χ1v) is 8.09. The van der Waals surface area contributed by atoms with Gasteiger partial charge in [0.1, 0.15) is 13.2 Å². The summed E-state index contributed by atoms with van der Waals surface area (Å²) in [5.74, 6) is -0.597. The molecule has 2 aromatic carbocycles. The minimum absolute atomic E-state index is 0.215. The molecule has 0 heterocycles. The average Bonchev–Trinajstić information content (AvgIpc) is 2.60. The Labute approximate surface area is 142 Å². The molecule has 0 saturated carbocycles. The highest BCUT2D eigenvalue weighted by Crippen LogP contribution is 2.16. The van der Waals surface area contributed by atoms with E-state index in [0.717, 1.165) is 16.3 Å². The number of hydrogen-bond acceptors (Lipinski definition) is 4. The highest BCUT2D eigenvalue weighted by Gasteiger charge is 2.07. The summed E-state index contributed by atoms with van der Waals surface area (Å²) in [6, 6.07) is 14.0. The van der Waals surface area contributed by atoms with Crippen molar-refractivity contribution >= 4 is 22.7 Å². The van der Waals surface area contributed by atoms with Crippen molar-refractivity contribution in [2.45, 2.75) is 32.8 Å². The summed E-state index contributed by atoms with van der Waals surface area (Å²) in [6.45, 7) is 2.39. The van der Waals surface area contributed by atoms with E-state index in [-0.39, 0.29) is 38.0 Å². The number of esters is 2. The van der Waals surface area contributed by atoms with E-state index >= 15 is 0 Å². The number of benzene rings is 2. The first-order valence-electron chi connectivity index (χ1n) is 8.09. The first kappa shape index (κ1) is 17.7. The summed E-state index contributed by atoms with van der Waals surface area (Å²) in [7, 11) is 0. The molecular weight excluding hydrogens is 304 g/mol. The fraction of sp³-hybridized carbons (Fsp3) is 0.300. The van der Waals surface area contributed by atoms with Gasteiger partial charge in [0.05, 0.1) is 0 Å². The fourth-order valence-corrected chi connectivity index (χ4v) is 2.25. The predicted molar refractivity (Wildman–Crippen MR) is 93.4 cm³/mol. The van der Waals surface area contributed by atoms with Crippen LogP contribution in [0.15, 0.2) is 54.6 Å². The second-order valence-electron chi connectivity index (χ2n) is 5.45. The molecule has 0 aromatic heterocycles. The van der Waals surface area contributed by atoms with Crippen molar-refractivity contribution in [1.29, 1.82) is 0 Å². The van der Waals surface area contributed by atoms with Crippen molar-refractivity contribution < 1.29 is 19.1 Å². The summed E-state index contributed by atoms with van der Waals surface area (Å²) < 4.78 is 10.2. The monoisotopic (exact) mass is 326 g/mol. The fourth-order valence-electron chi connectivity index (χ4n) is 2.25. The average molecular weight is 326 g/mol. The van der Waals surface area contributed by atoms with Gasteiger partial charge in [-0.05, 0) is 35.7 Å². The third-order valence-corrected chi connectivity index (χ3v) is 3.55. The van der Waals surface area contributed by atoms with E-state index < -0.39 is 0 Å². The molecule has 4 heteroatoms. The molecule has 0 spiro atoms. The standard InChI is InChI=1S/C20H22O4/c1-2-3-13-23-19(21)9-6-10-20(22)24-15-16-11-12-17-7-4-5-8-18(17)14-16/h2-5,7-8,11-12,14H,6,9-10,13,15H2,1H3/b3-2+. The van der Waals surface area contributed by atoms with Gasteiger partial charge in [-0.25, -0.2) is 0 Å². The molecule has 0 N–H and O–H groups in total. The van der Waals surface area contributed by atoms with Gasteiger partial charge in [0.25, 0.3) is 0 Å². The molecule has 0 aliphatic rings. The molecule has 126 valence electrons. The van der Waals surface area contributed by atoms with E-state index in [1.54, 1.807) is 6.08 Å². The normalized spacial score (nSPS) is 10.9. The van der Waals surface area contributed by atoms with Crippen LogP contribution in [0.1, 0.15) is 31.7 Å². The summed E-state index contributed by atoms with van der Waals surface area (Å²) in [5, 5.41) is 2.28. The maximum Gasteiger partial charge on any atom is 0.306 e. The third-order valence-electron chi connectivity index (χ3n) is 3.55. The number of carbonyl (C=O) groups excluding carboxylic acids is 2. The smallest absolute Gasteiger partial charge is 0.306 e. The molecule has 0 atom stereocenters. The molecule has 2 rings (SSSR count). The lowest BCUT2D eigenvalue weighted by atomic mass is 10.1. The lowest BCUT2D eigenvalue weighted by molar-refractivity contribution is -0.145. The zero-order chi connectivity index (χ0) is 17.2. The molecule has 0 radical (unpaired) electrons. The van der Waals surface area contributed by atoms with Gasteiger partial charge in [-0.15, -0.1) is 0 Å². The van der Waals surface area contributed by atoms with Gasteiger partial charge in [0.15, 0.2) is 0 Å². The molecule has 0 bridgehead atoms. The van der Waals surface area contributed by atoms with Crippen molar-refractivity contribution in [3.8, 4) is 0 Å². The van der Waals surface area contributed by atoms with Gasteiger partial charge < -0.3 is 9.47 Å². The van der Waals surface area contributed by atoms with Gasteiger partial charge in [-0.2, -0.15) is 0 Å². The van der Waals surface area contributed by atoms with Crippen molar-refractivity contribution in [2.24, 2.45) is 0 Å². The van der Waals surface area contributed by atoms with Gasteiger partial charge >= 0.3 is 11.9 Å². The van der Waals surface area contributed by atoms with Crippen LogP contribution in [0.5, 0.6) is 0 Å². The number of rotatable bonds is 8. The minimum atomic E-state index is -0.301. The quantitative estimate of drug-likeness (QED) is 0.539. The number of hydrogen-bond donors (Lipinski definition) is 0. The maximum atomic E-state index is 11.7.